The standard InChI is InChI=1S/C17H27N3.HI/c1-5-18-16(20-15-10-11-15)19-12-17(3,4)14-8-6-13(2)7-9-14;/h6-9,15H,5,10-12H2,1-4H3,(H2,18,19,20);1H. The number of hydrogen-bond acceptors (Lipinski definition) is 1. The fourth-order valence-electron chi connectivity index (χ4n) is 2.11. The van der Waals surface area contributed by atoms with Gasteiger partial charge in [0.1, 0.15) is 0 Å². The third-order valence-corrected chi connectivity index (χ3v) is 3.73. The Morgan fingerprint density at radius 3 is 2.38 bits per heavy atom. The quantitative estimate of drug-likeness (QED) is 0.449. The molecule has 21 heavy (non-hydrogen) atoms. The van der Waals surface area contributed by atoms with Crippen LogP contribution in [0.2, 0.25) is 0 Å². The van der Waals surface area contributed by atoms with Crippen molar-refractivity contribution in [1.82, 2.24) is 10.6 Å². The second kappa shape index (κ2) is 8.01. The zero-order valence-electron chi connectivity index (χ0n) is 13.6. The van der Waals surface area contributed by atoms with Crippen molar-refractivity contribution in [2.24, 2.45) is 4.99 Å². The van der Waals surface area contributed by atoms with Gasteiger partial charge in [0.05, 0.1) is 6.54 Å². The van der Waals surface area contributed by atoms with Crippen molar-refractivity contribution in [1.29, 1.82) is 0 Å². The molecule has 0 amide bonds. The van der Waals surface area contributed by atoms with Crippen LogP contribution < -0.4 is 10.6 Å². The Morgan fingerprint density at radius 1 is 1.24 bits per heavy atom. The topological polar surface area (TPSA) is 36.4 Å². The molecule has 2 rings (SSSR count). The van der Waals surface area contributed by atoms with E-state index in [2.05, 4.69) is 62.6 Å². The molecular formula is C17H28IN3. The zero-order chi connectivity index (χ0) is 14.6. The number of hydrogen-bond donors (Lipinski definition) is 2. The van der Waals surface area contributed by atoms with Gasteiger partial charge in [0.25, 0.3) is 0 Å². The van der Waals surface area contributed by atoms with Crippen LogP contribution in [-0.2, 0) is 5.41 Å². The molecule has 0 unspecified atom stereocenters. The van der Waals surface area contributed by atoms with E-state index in [9.17, 15) is 0 Å². The van der Waals surface area contributed by atoms with Gasteiger partial charge < -0.3 is 10.6 Å². The number of rotatable bonds is 5. The van der Waals surface area contributed by atoms with Gasteiger partial charge in [-0.2, -0.15) is 0 Å². The Balaban J connectivity index is 0.00000220. The largest absolute Gasteiger partial charge is 0.357 e. The molecule has 4 heteroatoms. The van der Waals surface area contributed by atoms with Crippen LogP contribution in [0, 0.1) is 6.92 Å². The van der Waals surface area contributed by atoms with E-state index in [0.717, 1.165) is 19.0 Å². The lowest BCUT2D eigenvalue weighted by Crippen LogP contribution is -2.39. The van der Waals surface area contributed by atoms with Crippen LogP contribution in [0.3, 0.4) is 0 Å². The molecule has 0 bridgehead atoms. The van der Waals surface area contributed by atoms with Crippen molar-refractivity contribution in [2.45, 2.75) is 52.0 Å². The molecule has 1 aromatic carbocycles. The first-order chi connectivity index (χ1) is 9.51. The lowest BCUT2D eigenvalue weighted by Gasteiger charge is -2.24. The number of nitrogens with one attached hydrogen (secondary N) is 2. The number of guanidine groups is 1. The SMILES string of the molecule is CCNC(=NCC(C)(C)c1ccc(C)cc1)NC1CC1.I. The van der Waals surface area contributed by atoms with Crippen LogP contribution in [0.4, 0.5) is 0 Å². The maximum Gasteiger partial charge on any atom is 0.191 e. The van der Waals surface area contributed by atoms with Crippen LogP contribution in [0.1, 0.15) is 44.7 Å². The Kier molecular flexibility index (Phi) is 6.97. The first kappa shape index (κ1) is 18.3. The van der Waals surface area contributed by atoms with E-state index < -0.39 is 0 Å². The lowest BCUT2D eigenvalue weighted by molar-refractivity contribution is 0.537. The minimum Gasteiger partial charge on any atom is -0.357 e. The van der Waals surface area contributed by atoms with Gasteiger partial charge in [-0.15, -0.1) is 24.0 Å². The molecule has 1 saturated carbocycles. The molecule has 0 aromatic heterocycles. The number of benzene rings is 1. The highest BCUT2D eigenvalue weighted by molar-refractivity contribution is 14.0. The van der Waals surface area contributed by atoms with Gasteiger partial charge in [-0.25, -0.2) is 0 Å². The predicted molar refractivity (Wildman–Crippen MR) is 102 cm³/mol. The van der Waals surface area contributed by atoms with E-state index in [-0.39, 0.29) is 29.4 Å². The molecule has 1 aliphatic carbocycles. The molecule has 0 heterocycles. The van der Waals surface area contributed by atoms with Crippen molar-refractivity contribution in [3.05, 3.63) is 35.4 Å². The van der Waals surface area contributed by atoms with E-state index in [1.807, 2.05) is 0 Å². The highest BCUT2D eigenvalue weighted by atomic mass is 127. The van der Waals surface area contributed by atoms with Crippen molar-refractivity contribution in [3.8, 4) is 0 Å². The Labute approximate surface area is 146 Å². The highest BCUT2D eigenvalue weighted by Gasteiger charge is 2.24. The van der Waals surface area contributed by atoms with Crippen LogP contribution in [-0.4, -0.2) is 25.1 Å². The molecule has 0 saturated heterocycles. The average Bonchev–Trinajstić information content (AvgIpc) is 3.21. The third-order valence-electron chi connectivity index (χ3n) is 3.73. The Morgan fingerprint density at radius 2 is 1.86 bits per heavy atom. The average molecular weight is 401 g/mol. The molecule has 118 valence electrons. The molecular weight excluding hydrogens is 373 g/mol. The molecule has 1 aromatic rings. The number of nitrogens with zero attached hydrogens (tertiary/aromatic N) is 1. The Hall–Kier alpha value is -0.780. The number of halogens is 1. The van der Waals surface area contributed by atoms with Crippen LogP contribution in [0.5, 0.6) is 0 Å². The Bertz CT molecular complexity index is 461. The molecule has 0 atom stereocenters. The van der Waals surface area contributed by atoms with Gasteiger partial charge in [0.2, 0.25) is 0 Å². The second-order valence-electron chi connectivity index (χ2n) is 6.36. The number of aryl methyl sites for hydroxylation is 1. The first-order valence-corrected chi connectivity index (χ1v) is 7.63. The van der Waals surface area contributed by atoms with Crippen molar-refractivity contribution in [2.75, 3.05) is 13.1 Å². The molecule has 0 aliphatic heterocycles. The van der Waals surface area contributed by atoms with Crippen LogP contribution in [0.15, 0.2) is 29.3 Å². The predicted octanol–water partition coefficient (Wildman–Crippen LogP) is 3.61. The number of aliphatic imine (C=N–C) groups is 1. The summed E-state index contributed by atoms with van der Waals surface area (Å²) in [5.41, 5.74) is 2.70. The summed E-state index contributed by atoms with van der Waals surface area (Å²) >= 11 is 0. The zero-order valence-corrected chi connectivity index (χ0v) is 15.9. The minimum atomic E-state index is 0. The van der Waals surface area contributed by atoms with Gasteiger partial charge in [-0.05, 0) is 32.3 Å². The van der Waals surface area contributed by atoms with E-state index in [0.29, 0.717) is 6.04 Å². The maximum atomic E-state index is 4.76. The van der Waals surface area contributed by atoms with E-state index >= 15 is 0 Å². The fourth-order valence-corrected chi connectivity index (χ4v) is 2.11. The lowest BCUT2D eigenvalue weighted by atomic mass is 9.84. The normalized spacial score (nSPS) is 15.3. The second-order valence-corrected chi connectivity index (χ2v) is 6.36. The highest BCUT2D eigenvalue weighted by Crippen LogP contribution is 2.24. The molecule has 1 fully saturated rings. The van der Waals surface area contributed by atoms with Gasteiger partial charge in [0.15, 0.2) is 5.96 Å². The van der Waals surface area contributed by atoms with Gasteiger partial charge in [-0.3, -0.25) is 4.99 Å². The minimum absolute atomic E-state index is 0. The summed E-state index contributed by atoms with van der Waals surface area (Å²) in [6, 6.07) is 9.41. The molecule has 3 nitrogen and oxygen atoms in total. The summed E-state index contributed by atoms with van der Waals surface area (Å²) in [5, 5.41) is 6.79. The summed E-state index contributed by atoms with van der Waals surface area (Å²) in [6.07, 6.45) is 2.54. The summed E-state index contributed by atoms with van der Waals surface area (Å²) in [5.74, 6) is 0.954. The van der Waals surface area contributed by atoms with E-state index in [1.165, 1.54) is 24.0 Å². The maximum absolute atomic E-state index is 4.76. The summed E-state index contributed by atoms with van der Waals surface area (Å²) < 4.78 is 0. The molecule has 0 radical (unpaired) electrons. The summed E-state index contributed by atoms with van der Waals surface area (Å²) in [7, 11) is 0. The van der Waals surface area contributed by atoms with Crippen LogP contribution in [0.25, 0.3) is 0 Å². The van der Waals surface area contributed by atoms with Crippen LogP contribution >= 0.6 is 24.0 Å². The molecule has 2 N–H and O–H groups in total. The fraction of sp³-hybridized carbons (Fsp3) is 0.588. The molecule has 1 aliphatic rings. The van der Waals surface area contributed by atoms with Gasteiger partial charge in [0, 0.05) is 18.0 Å². The summed E-state index contributed by atoms with van der Waals surface area (Å²) in [6.45, 7) is 10.4. The smallest absolute Gasteiger partial charge is 0.191 e. The first-order valence-electron chi connectivity index (χ1n) is 7.63. The third kappa shape index (κ3) is 5.85. The van der Waals surface area contributed by atoms with Crippen molar-refractivity contribution >= 4 is 29.9 Å². The van der Waals surface area contributed by atoms with E-state index in [1.54, 1.807) is 0 Å². The monoisotopic (exact) mass is 401 g/mol. The van der Waals surface area contributed by atoms with Crippen molar-refractivity contribution < 1.29 is 0 Å². The molecule has 0 spiro atoms. The van der Waals surface area contributed by atoms with Crippen molar-refractivity contribution in [3.63, 3.8) is 0 Å². The van der Waals surface area contributed by atoms with Gasteiger partial charge in [-0.1, -0.05) is 43.7 Å². The summed E-state index contributed by atoms with van der Waals surface area (Å²) in [4.78, 5) is 4.76. The van der Waals surface area contributed by atoms with E-state index in [4.69, 9.17) is 4.99 Å². The van der Waals surface area contributed by atoms with Gasteiger partial charge >= 0.3 is 0 Å².